The molecule has 1 unspecified atom stereocenters. The predicted octanol–water partition coefficient (Wildman–Crippen LogP) is 2.36. The zero-order chi connectivity index (χ0) is 19.9. The van der Waals surface area contributed by atoms with E-state index in [0.29, 0.717) is 22.5 Å². The van der Waals surface area contributed by atoms with Gasteiger partial charge in [0.05, 0.1) is 5.75 Å². The minimum Gasteiger partial charge on any atom is -0.398 e. The Balaban J connectivity index is 1.80. The van der Waals surface area contributed by atoms with E-state index in [2.05, 4.69) is 10.3 Å². The average molecular weight is 398 g/mol. The van der Waals surface area contributed by atoms with Gasteiger partial charge < -0.3 is 11.1 Å². The van der Waals surface area contributed by atoms with Crippen LogP contribution in [0, 0.1) is 0 Å². The van der Waals surface area contributed by atoms with Crippen LogP contribution >= 0.6 is 0 Å². The molecule has 0 aliphatic carbocycles. The number of hydrogen-bond donors (Lipinski definition) is 3. The SMILES string of the molecule is Nc1cccc2c1C=NC(N)(c1ccc(CS(=O)(=O)CC(F)(F)F)cc1)N2. The first-order valence-corrected chi connectivity index (χ1v) is 9.67. The van der Waals surface area contributed by atoms with E-state index in [0.717, 1.165) is 0 Å². The van der Waals surface area contributed by atoms with Crippen molar-refractivity contribution >= 4 is 27.4 Å². The third-order valence-electron chi connectivity index (χ3n) is 4.03. The van der Waals surface area contributed by atoms with E-state index >= 15 is 0 Å². The van der Waals surface area contributed by atoms with Crippen LogP contribution in [0.5, 0.6) is 0 Å². The standard InChI is InChI=1S/C17H17F3N4O2S/c18-16(19,20)10-27(25,26)9-11-4-6-12(7-5-11)17(22)23-8-13-14(21)2-1-3-15(13)24-17/h1-8,24H,9-10,21-22H2. The van der Waals surface area contributed by atoms with Crippen LogP contribution in [0.25, 0.3) is 0 Å². The third kappa shape index (κ3) is 4.40. The number of halogens is 3. The van der Waals surface area contributed by atoms with Gasteiger partial charge >= 0.3 is 6.18 Å². The highest BCUT2D eigenvalue weighted by atomic mass is 32.2. The van der Waals surface area contributed by atoms with Crippen LogP contribution in [0.2, 0.25) is 0 Å². The highest BCUT2D eigenvalue weighted by Crippen LogP contribution is 2.31. The van der Waals surface area contributed by atoms with Crippen molar-refractivity contribution in [2.75, 3.05) is 16.8 Å². The zero-order valence-electron chi connectivity index (χ0n) is 14.0. The van der Waals surface area contributed by atoms with Crippen molar-refractivity contribution < 1.29 is 21.6 Å². The Kier molecular flexibility index (Phi) is 4.64. The second-order valence-electron chi connectivity index (χ2n) is 6.30. The van der Waals surface area contributed by atoms with E-state index < -0.39 is 33.3 Å². The maximum absolute atomic E-state index is 12.3. The van der Waals surface area contributed by atoms with Crippen molar-refractivity contribution in [2.45, 2.75) is 17.7 Å². The second kappa shape index (κ2) is 6.54. The molecule has 0 amide bonds. The highest BCUT2D eigenvalue weighted by molar-refractivity contribution is 7.90. The molecular weight excluding hydrogens is 381 g/mol. The summed E-state index contributed by atoms with van der Waals surface area (Å²) in [5.74, 6) is -3.86. The number of sulfone groups is 1. The van der Waals surface area contributed by atoms with Crippen molar-refractivity contribution in [3.05, 3.63) is 59.2 Å². The molecule has 2 aromatic carbocycles. The summed E-state index contributed by atoms with van der Waals surface area (Å²) >= 11 is 0. The van der Waals surface area contributed by atoms with Crippen LogP contribution in [0.15, 0.2) is 47.5 Å². The minimum absolute atomic E-state index is 0.232. The molecule has 1 atom stereocenters. The van der Waals surface area contributed by atoms with Crippen LogP contribution < -0.4 is 16.8 Å². The lowest BCUT2D eigenvalue weighted by atomic mass is 10.0. The van der Waals surface area contributed by atoms with Crippen molar-refractivity contribution in [3.63, 3.8) is 0 Å². The van der Waals surface area contributed by atoms with E-state index in [1.807, 2.05) is 0 Å². The maximum Gasteiger partial charge on any atom is 0.402 e. The Labute approximate surface area is 154 Å². The van der Waals surface area contributed by atoms with Crippen molar-refractivity contribution in [3.8, 4) is 0 Å². The molecule has 5 N–H and O–H groups in total. The molecule has 6 nitrogen and oxygen atoms in total. The maximum atomic E-state index is 12.3. The number of aliphatic imine (C=N–C) groups is 1. The Hall–Kier alpha value is -2.59. The fourth-order valence-corrected chi connectivity index (χ4v) is 4.10. The molecule has 1 heterocycles. The van der Waals surface area contributed by atoms with E-state index in [-0.39, 0.29) is 5.56 Å². The largest absolute Gasteiger partial charge is 0.402 e. The fraction of sp³-hybridized carbons (Fsp3) is 0.235. The van der Waals surface area contributed by atoms with E-state index in [1.165, 1.54) is 24.3 Å². The van der Waals surface area contributed by atoms with Gasteiger partial charge in [-0.2, -0.15) is 13.2 Å². The predicted molar refractivity (Wildman–Crippen MR) is 97.9 cm³/mol. The van der Waals surface area contributed by atoms with Crippen LogP contribution in [-0.4, -0.2) is 26.6 Å². The van der Waals surface area contributed by atoms with Gasteiger partial charge in [0.15, 0.2) is 9.84 Å². The number of rotatable bonds is 4. The van der Waals surface area contributed by atoms with Gasteiger partial charge in [-0.05, 0) is 17.7 Å². The van der Waals surface area contributed by atoms with Crippen molar-refractivity contribution in [1.29, 1.82) is 0 Å². The first kappa shape index (κ1) is 19.2. The van der Waals surface area contributed by atoms with Gasteiger partial charge in [0.1, 0.15) is 5.75 Å². The third-order valence-corrected chi connectivity index (χ3v) is 5.57. The molecular formula is C17H17F3N4O2S. The number of hydrogen-bond acceptors (Lipinski definition) is 6. The molecule has 0 saturated heterocycles. The molecule has 0 saturated carbocycles. The summed E-state index contributed by atoms with van der Waals surface area (Å²) in [4.78, 5) is 4.28. The van der Waals surface area contributed by atoms with Gasteiger partial charge in [0, 0.05) is 28.7 Å². The summed E-state index contributed by atoms with van der Waals surface area (Å²) in [6.45, 7) is 0. The van der Waals surface area contributed by atoms with Gasteiger partial charge in [-0.15, -0.1) is 0 Å². The smallest absolute Gasteiger partial charge is 0.398 e. The van der Waals surface area contributed by atoms with Gasteiger partial charge in [0.2, 0.25) is 5.79 Å². The Morgan fingerprint density at radius 2 is 1.78 bits per heavy atom. The number of nitrogens with zero attached hydrogens (tertiary/aromatic N) is 1. The average Bonchev–Trinajstić information content (AvgIpc) is 2.52. The number of nitrogen functional groups attached to an aromatic ring is 1. The Morgan fingerprint density at radius 1 is 1.11 bits per heavy atom. The van der Waals surface area contributed by atoms with Gasteiger partial charge in [-0.25, -0.2) is 13.4 Å². The van der Waals surface area contributed by atoms with Crippen LogP contribution in [0.4, 0.5) is 24.5 Å². The summed E-state index contributed by atoms with van der Waals surface area (Å²) in [6.07, 6.45) is -3.22. The molecule has 0 radical (unpaired) electrons. The molecule has 27 heavy (non-hydrogen) atoms. The lowest BCUT2D eigenvalue weighted by Crippen LogP contribution is -2.44. The van der Waals surface area contributed by atoms with E-state index in [4.69, 9.17) is 11.5 Å². The molecule has 0 aromatic heterocycles. The molecule has 144 valence electrons. The highest BCUT2D eigenvalue weighted by Gasteiger charge is 2.35. The summed E-state index contributed by atoms with van der Waals surface area (Å²) in [5.41, 5.74) is 14.8. The van der Waals surface area contributed by atoms with Gasteiger partial charge in [-0.3, -0.25) is 5.73 Å². The number of anilines is 2. The van der Waals surface area contributed by atoms with Gasteiger partial charge in [-0.1, -0.05) is 30.3 Å². The fourth-order valence-electron chi connectivity index (χ4n) is 2.80. The molecule has 10 heteroatoms. The topological polar surface area (TPSA) is 111 Å². The number of nitrogens with one attached hydrogen (secondary N) is 1. The quantitative estimate of drug-likeness (QED) is 0.685. The molecule has 1 aliphatic heterocycles. The molecule has 3 rings (SSSR count). The summed E-state index contributed by atoms with van der Waals surface area (Å²) < 4.78 is 60.3. The van der Waals surface area contributed by atoms with E-state index in [9.17, 15) is 21.6 Å². The van der Waals surface area contributed by atoms with Gasteiger partial charge in [0.25, 0.3) is 0 Å². The zero-order valence-corrected chi connectivity index (χ0v) is 14.8. The molecule has 0 fully saturated rings. The molecule has 1 aliphatic rings. The number of benzene rings is 2. The Morgan fingerprint density at radius 3 is 2.41 bits per heavy atom. The summed E-state index contributed by atoms with van der Waals surface area (Å²) in [5, 5.41) is 3.06. The van der Waals surface area contributed by atoms with Crippen LogP contribution in [-0.2, 0) is 21.4 Å². The van der Waals surface area contributed by atoms with Crippen molar-refractivity contribution in [2.24, 2.45) is 10.7 Å². The molecule has 0 bridgehead atoms. The summed E-state index contributed by atoms with van der Waals surface area (Å²) in [6, 6.07) is 11.2. The second-order valence-corrected chi connectivity index (χ2v) is 8.37. The monoisotopic (exact) mass is 398 g/mol. The number of alkyl halides is 3. The first-order chi connectivity index (χ1) is 12.5. The van der Waals surface area contributed by atoms with E-state index in [1.54, 1.807) is 24.4 Å². The normalized spacial score (nSPS) is 19.4. The lowest BCUT2D eigenvalue weighted by molar-refractivity contribution is -0.106. The first-order valence-electron chi connectivity index (χ1n) is 7.85. The summed E-state index contributed by atoms with van der Waals surface area (Å²) in [7, 11) is -4.31. The number of nitrogens with two attached hydrogens (primary N) is 2. The minimum atomic E-state index is -4.77. The lowest BCUT2D eigenvalue weighted by Gasteiger charge is -2.32. The number of fused-ring (bicyclic) bond motifs is 1. The Bertz CT molecular complexity index is 988. The molecule has 2 aromatic rings. The van der Waals surface area contributed by atoms with Crippen LogP contribution in [0.1, 0.15) is 16.7 Å². The molecule has 0 spiro atoms. The van der Waals surface area contributed by atoms with Crippen LogP contribution in [0.3, 0.4) is 0 Å². The van der Waals surface area contributed by atoms with Crippen molar-refractivity contribution in [1.82, 2.24) is 0 Å².